The van der Waals surface area contributed by atoms with Crippen molar-refractivity contribution in [3.8, 4) is 0 Å². The molecule has 0 fully saturated rings. The molecule has 2 rings (SSSR count). The Morgan fingerprint density at radius 3 is 2.47 bits per heavy atom. The molecule has 0 saturated heterocycles. The Bertz CT molecular complexity index is 616. The summed E-state index contributed by atoms with van der Waals surface area (Å²) < 4.78 is 14.2. The van der Waals surface area contributed by atoms with Gasteiger partial charge in [-0.1, -0.05) is 34.1 Å². The van der Waals surface area contributed by atoms with E-state index in [1.165, 1.54) is 12.1 Å². The minimum Gasteiger partial charge on any atom is -0.307 e. The highest BCUT2D eigenvalue weighted by atomic mass is 79.9. The number of carbonyl (C=O) groups excluding carboxylic acids is 1. The van der Waals surface area contributed by atoms with Crippen molar-refractivity contribution in [2.24, 2.45) is 0 Å². The number of hydrogen-bond donors (Lipinski definition) is 2. The number of aryl methyl sites for hydroxylation is 1. The minimum atomic E-state index is -0.491. The first kappa shape index (κ1) is 13.5. The lowest BCUT2D eigenvalue weighted by Gasteiger charge is -2.10. The molecular weight excluding hydrogens is 311 g/mol. The molecule has 0 radical (unpaired) electrons. The second-order valence-electron chi connectivity index (χ2n) is 4.02. The number of para-hydroxylation sites is 1. The van der Waals surface area contributed by atoms with Gasteiger partial charge in [0.2, 0.25) is 0 Å². The molecule has 5 heteroatoms. The van der Waals surface area contributed by atoms with E-state index in [-0.39, 0.29) is 5.69 Å². The molecule has 0 aromatic heterocycles. The van der Waals surface area contributed by atoms with Crippen molar-refractivity contribution >= 4 is 33.3 Å². The molecule has 0 unspecified atom stereocenters. The highest BCUT2D eigenvalue weighted by Crippen LogP contribution is 2.20. The average Bonchev–Trinajstić information content (AvgIpc) is 2.36. The van der Waals surface area contributed by atoms with Crippen LogP contribution in [0.1, 0.15) is 5.56 Å². The van der Waals surface area contributed by atoms with Gasteiger partial charge in [0.15, 0.2) is 0 Å². The summed E-state index contributed by atoms with van der Waals surface area (Å²) in [5.41, 5.74) is 1.76. The summed E-state index contributed by atoms with van der Waals surface area (Å²) in [6, 6.07) is 11.3. The number of amides is 2. The number of carbonyl (C=O) groups is 1. The van der Waals surface area contributed by atoms with Crippen LogP contribution in [-0.4, -0.2) is 6.03 Å². The number of rotatable bonds is 2. The minimum absolute atomic E-state index is 0.134. The number of anilines is 2. The molecule has 0 heterocycles. The second-order valence-corrected chi connectivity index (χ2v) is 4.93. The monoisotopic (exact) mass is 322 g/mol. The van der Waals surface area contributed by atoms with Crippen molar-refractivity contribution in [3.63, 3.8) is 0 Å². The van der Waals surface area contributed by atoms with E-state index in [0.29, 0.717) is 10.2 Å². The van der Waals surface area contributed by atoms with Crippen molar-refractivity contribution in [3.05, 3.63) is 58.3 Å². The van der Waals surface area contributed by atoms with E-state index in [1.54, 1.807) is 12.1 Å². The first-order chi connectivity index (χ1) is 9.06. The lowest BCUT2D eigenvalue weighted by atomic mass is 10.2. The smallest absolute Gasteiger partial charge is 0.307 e. The fourth-order valence-electron chi connectivity index (χ4n) is 1.58. The highest BCUT2D eigenvalue weighted by molar-refractivity contribution is 9.10. The maximum absolute atomic E-state index is 13.6. The third-order valence-corrected chi connectivity index (χ3v) is 3.07. The van der Waals surface area contributed by atoms with Crippen LogP contribution in [0.4, 0.5) is 20.6 Å². The molecular formula is C14H12BrFN2O. The fraction of sp³-hybridized carbons (Fsp3) is 0.0714. The SMILES string of the molecule is Cc1ccccc1NC(=O)Nc1ccc(Br)cc1F. The molecule has 0 aliphatic rings. The van der Waals surface area contributed by atoms with Crippen molar-refractivity contribution in [2.45, 2.75) is 6.92 Å². The van der Waals surface area contributed by atoms with E-state index in [0.717, 1.165) is 5.56 Å². The largest absolute Gasteiger partial charge is 0.323 e. The van der Waals surface area contributed by atoms with Gasteiger partial charge in [-0.05, 0) is 36.8 Å². The molecule has 19 heavy (non-hydrogen) atoms. The van der Waals surface area contributed by atoms with E-state index < -0.39 is 11.8 Å². The molecule has 2 aromatic rings. The zero-order chi connectivity index (χ0) is 13.8. The Morgan fingerprint density at radius 1 is 1.11 bits per heavy atom. The Morgan fingerprint density at radius 2 is 1.79 bits per heavy atom. The summed E-state index contributed by atoms with van der Waals surface area (Å²) in [5.74, 6) is -0.491. The van der Waals surface area contributed by atoms with Gasteiger partial charge in [0.1, 0.15) is 5.82 Å². The zero-order valence-electron chi connectivity index (χ0n) is 10.2. The Hall–Kier alpha value is -1.88. The molecule has 0 aliphatic heterocycles. The first-order valence-electron chi connectivity index (χ1n) is 5.65. The van der Waals surface area contributed by atoms with Crippen LogP contribution < -0.4 is 10.6 Å². The van der Waals surface area contributed by atoms with Crippen molar-refractivity contribution in [1.29, 1.82) is 0 Å². The number of benzene rings is 2. The molecule has 0 aliphatic carbocycles. The predicted octanol–water partition coefficient (Wildman–Crippen LogP) is 4.54. The van der Waals surface area contributed by atoms with Crippen LogP contribution in [0.25, 0.3) is 0 Å². The van der Waals surface area contributed by atoms with Crippen LogP contribution >= 0.6 is 15.9 Å². The maximum atomic E-state index is 13.6. The summed E-state index contributed by atoms with van der Waals surface area (Å²) in [5, 5.41) is 5.14. The Labute approximate surface area is 119 Å². The fourth-order valence-corrected chi connectivity index (χ4v) is 1.91. The summed E-state index contributed by atoms with van der Waals surface area (Å²) in [6.07, 6.45) is 0. The number of hydrogen-bond acceptors (Lipinski definition) is 1. The summed E-state index contributed by atoms with van der Waals surface area (Å²) >= 11 is 3.16. The van der Waals surface area contributed by atoms with E-state index >= 15 is 0 Å². The standard InChI is InChI=1S/C14H12BrFN2O/c1-9-4-2-3-5-12(9)17-14(19)18-13-7-6-10(15)8-11(13)16/h2-8H,1H3,(H2,17,18,19). The predicted molar refractivity (Wildman–Crippen MR) is 77.9 cm³/mol. The van der Waals surface area contributed by atoms with Crippen LogP contribution in [0, 0.1) is 12.7 Å². The second kappa shape index (κ2) is 5.84. The van der Waals surface area contributed by atoms with Gasteiger partial charge in [0.25, 0.3) is 0 Å². The quantitative estimate of drug-likeness (QED) is 0.837. The van der Waals surface area contributed by atoms with Crippen molar-refractivity contribution in [1.82, 2.24) is 0 Å². The van der Waals surface area contributed by atoms with Crippen LogP contribution in [0.5, 0.6) is 0 Å². The van der Waals surface area contributed by atoms with Gasteiger partial charge in [-0.3, -0.25) is 0 Å². The first-order valence-corrected chi connectivity index (χ1v) is 6.44. The summed E-state index contributed by atoms with van der Waals surface area (Å²) in [6.45, 7) is 1.88. The van der Waals surface area contributed by atoms with Crippen molar-refractivity contribution in [2.75, 3.05) is 10.6 Å². The molecule has 0 atom stereocenters. The molecule has 0 saturated carbocycles. The van der Waals surface area contributed by atoms with Gasteiger partial charge in [0.05, 0.1) is 5.69 Å². The van der Waals surface area contributed by atoms with Crippen LogP contribution in [0.3, 0.4) is 0 Å². The van der Waals surface area contributed by atoms with Gasteiger partial charge in [-0.25, -0.2) is 9.18 Å². The molecule has 3 nitrogen and oxygen atoms in total. The molecule has 98 valence electrons. The van der Waals surface area contributed by atoms with Gasteiger partial charge in [0, 0.05) is 10.2 Å². The van der Waals surface area contributed by atoms with E-state index in [1.807, 2.05) is 25.1 Å². The number of halogens is 2. The van der Waals surface area contributed by atoms with Crippen LogP contribution in [0.15, 0.2) is 46.9 Å². The van der Waals surface area contributed by atoms with Crippen molar-refractivity contribution < 1.29 is 9.18 Å². The van der Waals surface area contributed by atoms with Gasteiger partial charge >= 0.3 is 6.03 Å². The Kier molecular flexibility index (Phi) is 4.16. The third-order valence-electron chi connectivity index (χ3n) is 2.57. The van der Waals surface area contributed by atoms with Crippen LogP contribution in [0.2, 0.25) is 0 Å². The topological polar surface area (TPSA) is 41.1 Å². The molecule has 2 N–H and O–H groups in total. The normalized spacial score (nSPS) is 10.1. The Balaban J connectivity index is 2.08. The molecule has 0 bridgehead atoms. The summed E-state index contributed by atoms with van der Waals surface area (Å²) in [7, 11) is 0. The van der Waals surface area contributed by atoms with E-state index in [2.05, 4.69) is 26.6 Å². The van der Waals surface area contributed by atoms with Gasteiger partial charge in [-0.2, -0.15) is 0 Å². The molecule has 2 aromatic carbocycles. The van der Waals surface area contributed by atoms with Gasteiger partial charge < -0.3 is 10.6 Å². The average molecular weight is 323 g/mol. The number of urea groups is 1. The van der Waals surface area contributed by atoms with Gasteiger partial charge in [-0.15, -0.1) is 0 Å². The van der Waals surface area contributed by atoms with Crippen LogP contribution in [-0.2, 0) is 0 Å². The molecule has 0 spiro atoms. The lowest BCUT2D eigenvalue weighted by molar-refractivity contribution is 0.262. The van der Waals surface area contributed by atoms with E-state index in [4.69, 9.17) is 0 Å². The lowest BCUT2D eigenvalue weighted by Crippen LogP contribution is -2.20. The van der Waals surface area contributed by atoms with E-state index in [9.17, 15) is 9.18 Å². The molecule has 2 amide bonds. The third kappa shape index (κ3) is 3.54. The zero-order valence-corrected chi connectivity index (χ0v) is 11.8. The summed E-state index contributed by atoms with van der Waals surface area (Å²) in [4.78, 5) is 11.8. The highest BCUT2D eigenvalue weighted by Gasteiger charge is 2.08. The number of nitrogens with one attached hydrogen (secondary N) is 2. The maximum Gasteiger partial charge on any atom is 0.323 e.